The van der Waals surface area contributed by atoms with Crippen LogP contribution < -0.4 is 10.6 Å². The van der Waals surface area contributed by atoms with E-state index in [4.69, 9.17) is 10.2 Å². The Morgan fingerprint density at radius 1 is 1.21 bits per heavy atom. The van der Waals surface area contributed by atoms with Crippen molar-refractivity contribution in [2.45, 2.75) is 26.3 Å². The van der Waals surface area contributed by atoms with E-state index < -0.39 is 18.0 Å². The fourth-order valence-electron chi connectivity index (χ4n) is 1.44. The van der Waals surface area contributed by atoms with Crippen LogP contribution >= 0.6 is 0 Å². The number of hydrogen-bond donors (Lipinski definition) is 4. The summed E-state index contributed by atoms with van der Waals surface area (Å²) in [6.45, 7) is 4.18. The molecule has 0 unspecified atom stereocenters. The maximum atomic E-state index is 11.6. The van der Waals surface area contributed by atoms with Gasteiger partial charge < -0.3 is 25.7 Å². The van der Waals surface area contributed by atoms with Crippen molar-refractivity contribution >= 4 is 17.9 Å². The maximum Gasteiger partial charge on any atom is 0.326 e. The number of aliphatic hydroxyl groups excluding tert-OH is 1. The molecule has 0 fully saturated rings. The third-order valence-electron chi connectivity index (χ3n) is 2.54. The Labute approximate surface area is 111 Å². The summed E-state index contributed by atoms with van der Waals surface area (Å²) >= 11 is 0. The van der Waals surface area contributed by atoms with Crippen LogP contribution in [0, 0.1) is 0 Å². The highest BCUT2D eigenvalue weighted by molar-refractivity contribution is 5.86. The number of aliphatic carboxylic acids is 1. The molecule has 0 saturated carbocycles. The number of nitrogens with one attached hydrogen (secondary N) is 2. The molecule has 0 heterocycles. The minimum Gasteiger partial charge on any atom is -0.480 e. The van der Waals surface area contributed by atoms with Crippen LogP contribution in [0.4, 0.5) is 4.79 Å². The van der Waals surface area contributed by atoms with Crippen LogP contribution in [0.25, 0.3) is 0 Å². The van der Waals surface area contributed by atoms with Crippen molar-refractivity contribution in [2.75, 3.05) is 26.2 Å². The topological polar surface area (TPSA) is 119 Å². The molecule has 0 aliphatic carbocycles. The zero-order valence-corrected chi connectivity index (χ0v) is 11.2. The van der Waals surface area contributed by atoms with E-state index in [-0.39, 0.29) is 25.5 Å². The molecule has 0 radical (unpaired) electrons. The first-order valence-electron chi connectivity index (χ1n) is 6.12. The molecule has 1 atom stereocenters. The Balaban J connectivity index is 4.17. The highest BCUT2D eigenvalue weighted by atomic mass is 16.4. The number of likely N-dealkylation sites (N-methyl/N-ethyl adjacent to an activating group) is 1. The number of aliphatic hydroxyl groups is 1. The van der Waals surface area contributed by atoms with Crippen molar-refractivity contribution in [1.82, 2.24) is 15.5 Å². The molecule has 0 bridgehead atoms. The van der Waals surface area contributed by atoms with E-state index in [9.17, 15) is 14.4 Å². The minimum absolute atomic E-state index is 0.0905. The van der Waals surface area contributed by atoms with Gasteiger partial charge in [-0.1, -0.05) is 0 Å². The molecule has 4 N–H and O–H groups in total. The standard InChI is InChI=1S/C11H21N3O5/c1-3-14(4-2)9(16)7-12-11(19)13-8(5-6-15)10(17)18/h8,15H,3-7H2,1-2H3,(H,17,18)(H2,12,13,19)/t8-/m0/s1. The van der Waals surface area contributed by atoms with Gasteiger partial charge in [0.15, 0.2) is 0 Å². The van der Waals surface area contributed by atoms with Gasteiger partial charge in [-0.15, -0.1) is 0 Å². The van der Waals surface area contributed by atoms with E-state index in [0.717, 1.165) is 0 Å². The number of rotatable bonds is 8. The number of amides is 3. The van der Waals surface area contributed by atoms with Crippen molar-refractivity contribution in [3.8, 4) is 0 Å². The van der Waals surface area contributed by atoms with Crippen molar-refractivity contribution in [2.24, 2.45) is 0 Å². The highest BCUT2D eigenvalue weighted by Gasteiger charge is 2.19. The normalized spacial score (nSPS) is 11.5. The fraction of sp³-hybridized carbons (Fsp3) is 0.727. The zero-order valence-electron chi connectivity index (χ0n) is 11.2. The summed E-state index contributed by atoms with van der Waals surface area (Å²) < 4.78 is 0. The molecule has 8 heteroatoms. The van der Waals surface area contributed by atoms with Gasteiger partial charge in [-0.05, 0) is 13.8 Å². The Kier molecular flexibility index (Phi) is 8.27. The molecule has 0 aliphatic heterocycles. The molecule has 3 amide bonds. The van der Waals surface area contributed by atoms with E-state index in [0.29, 0.717) is 13.1 Å². The summed E-state index contributed by atoms with van der Waals surface area (Å²) in [6.07, 6.45) is -0.0905. The molecular weight excluding hydrogens is 254 g/mol. The van der Waals surface area contributed by atoms with Gasteiger partial charge in [0.25, 0.3) is 0 Å². The maximum absolute atomic E-state index is 11.6. The first-order chi connectivity index (χ1) is 8.96. The van der Waals surface area contributed by atoms with Crippen molar-refractivity contribution < 1.29 is 24.6 Å². The molecule has 19 heavy (non-hydrogen) atoms. The molecule has 8 nitrogen and oxygen atoms in total. The van der Waals surface area contributed by atoms with E-state index in [2.05, 4.69) is 10.6 Å². The van der Waals surface area contributed by atoms with Crippen LogP contribution in [-0.2, 0) is 9.59 Å². The lowest BCUT2D eigenvalue weighted by Gasteiger charge is -2.19. The van der Waals surface area contributed by atoms with Crippen LogP contribution in [0.1, 0.15) is 20.3 Å². The number of carbonyl (C=O) groups excluding carboxylic acids is 2. The third kappa shape index (κ3) is 6.61. The first kappa shape index (κ1) is 17.2. The van der Waals surface area contributed by atoms with Gasteiger partial charge in [0.05, 0.1) is 6.54 Å². The van der Waals surface area contributed by atoms with E-state index in [1.807, 2.05) is 13.8 Å². The van der Waals surface area contributed by atoms with Gasteiger partial charge in [-0.2, -0.15) is 0 Å². The van der Waals surface area contributed by atoms with Gasteiger partial charge in [0.2, 0.25) is 5.91 Å². The second kappa shape index (κ2) is 9.15. The highest BCUT2D eigenvalue weighted by Crippen LogP contribution is 1.91. The monoisotopic (exact) mass is 275 g/mol. The van der Waals surface area contributed by atoms with Gasteiger partial charge in [0.1, 0.15) is 6.04 Å². The van der Waals surface area contributed by atoms with Gasteiger partial charge in [-0.25, -0.2) is 9.59 Å². The lowest BCUT2D eigenvalue weighted by atomic mass is 10.2. The van der Waals surface area contributed by atoms with E-state index in [1.54, 1.807) is 4.90 Å². The molecule has 0 saturated heterocycles. The van der Waals surface area contributed by atoms with Crippen molar-refractivity contribution in [3.05, 3.63) is 0 Å². The lowest BCUT2D eigenvalue weighted by molar-refractivity contribution is -0.139. The smallest absolute Gasteiger partial charge is 0.326 e. The summed E-state index contributed by atoms with van der Waals surface area (Å²) in [5.74, 6) is -1.48. The molecule has 0 rings (SSSR count). The average molecular weight is 275 g/mol. The van der Waals surface area contributed by atoms with Crippen LogP contribution in [0.2, 0.25) is 0 Å². The van der Waals surface area contributed by atoms with Gasteiger partial charge in [-0.3, -0.25) is 4.79 Å². The minimum atomic E-state index is -1.24. The molecule has 0 spiro atoms. The SMILES string of the molecule is CCN(CC)C(=O)CNC(=O)N[C@@H](CCO)C(=O)O. The number of carboxylic acids is 1. The third-order valence-corrected chi connectivity index (χ3v) is 2.54. The fourth-order valence-corrected chi connectivity index (χ4v) is 1.44. The largest absolute Gasteiger partial charge is 0.480 e. The Bertz CT molecular complexity index is 317. The van der Waals surface area contributed by atoms with Crippen LogP contribution in [0.15, 0.2) is 0 Å². The number of hydrogen-bond acceptors (Lipinski definition) is 4. The lowest BCUT2D eigenvalue weighted by Crippen LogP contribution is -2.49. The summed E-state index contributed by atoms with van der Waals surface area (Å²) in [4.78, 5) is 35.3. The molecule has 0 aliphatic rings. The van der Waals surface area contributed by atoms with E-state index in [1.165, 1.54) is 0 Å². The molecule has 0 aromatic heterocycles. The summed E-state index contributed by atoms with van der Waals surface area (Å²) in [5, 5.41) is 21.9. The average Bonchev–Trinajstić information content (AvgIpc) is 2.37. The van der Waals surface area contributed by atoms with Crippen LogP contribution in [0.5, 0.6) is 0 Å². The van der Waals surface area contributed by atoms with Crippen molar-refractivity contribution in [1.29, 1.82) is 0 Å². The molecule has 0 aromatic rings. The van der Waals surface area contributed by atoms with Gasteiger partial charge in [0, 0.05) is 26.1 Å². The van der Waals surface area contributed by atoms with E-state index >= 15 is 0 Å². The number of urea groups is 1. The summed E-state index contributed by atoms with van der Waals surface area (Å²) in [7, 11) is 0. The molecule has 0 aromatic carbocycles. The second-order valence-corrected chi connectivity index (χ2v) is 3.80. The summed E-state index contributed by atoms with van der Waals surface area (Å²) in [6, 6.07) is -1.92. The van der Waals surface area contributed by atoms with Gasteiger partial charge >= 0.3 is 12.0 Å². The van der Waals surface area contributed by atoms with Crippen molar-refractivity contribution in [3.63, 3.8) is 0 Å². The quantitative estimate of drug-likeness (QED) is 0.452. The zero-order chi connectivity index (χ0) is 14.8. The predicted molar refractivity (Wildman–Crippen MR) is 67.6 cm³/mol. The Hall–Kier alpha value is -1.83. The molecular formula is C11H21N3O5. The Morgan fingerprint density at radius 2 is 1.79 bits per heavy atom. The van der Waals surface area contributed by atoms with Crippen LogP contribution in [0.3, 0.4) is 0 Å². The number of nitrogens with zero attached hydrogens (tertiary/aromatic N) is 1. The Morgan fingerprint density at radius 3 is 2.21 bits per heavy atom. The number of carboxylic acid groups (broad SMARTS) is 1. The predicted octanol–water partition coefficient (Wildman–Crippen LogP) is -1.01. The summed E-state index contributed by atoms with van der Waals surface area (Å²) in [5.41, 5.74) is 0. The van der Waals surface area contributed by atoms with Crippen LogP contribution in [-0.4, -0.2) is 65.3 Å². The first-order valence-corrected chi connectivity index (χ1v) is 6.12. The number of carbonyl (C=O) groups is 3. The second-order valence-electron chi connectivity index (χ2n) is 3.80. The molecule has 110 valence electrons.